The lowest BCUT2D eigenvalue weighted by Gasteiger charge is -2.00. The van der Waals surface area contributed by atoms with Gasteiger partial charge in [0.25, 0.3) is 0 Å². The van der Waals surface area contributed by atoms with Gasteiger partial charge in [-0.15, -0.1) is 0 Å². The van der Waals surface area contributed by atoms with Crippen LogP contribution in [0.4, 0.5) is 0 Å². The first-order valence-electron chi connectivity index (χ1n) is 5.73. The van der Waals surface area contributed by atoms with E-state index < -0.39 is 5.91 Å². The molecule has 1 aliphatic rings. The Labute approximate surface area is 113 Å². The normalized spacial score (nSPS) is 14.2. The Kier molecular flexibility index (Phi) is 3.94. The van der Waals surface area contributed by atoms with Crippen LogP contribution in [0.3, 0.4) is 0 Å². The number of nitrogens with zero attached hydrogens (tertiary/aromatic N) is 2. The summed E-state index contributed by atoms with van der Waals surface area (Å²) in [6.45, 7) is 0. The topological polar surface area (TPSA) is 123 Å². The highest BCUT2D eigenvalue weighted by molar-refractivity contribution is 6.11. The fourth-order valence-electron chi connectivity index (χ4n) is 1.55. The summed E-state index contributed by atoms with van der Waals surface area (Å²) in [5, 5.41) is 25.9. The fourth-order valence-corrected chi connectivity index (χ4v) is 1.55. The van der Waals surface area contributed by atoms with E-state index in [0.29, 0.717) is 11.3 Å². The lowest BCUT2D eigenvalue weighted by molar-refractivity contribution is -0.119. The van der Waals surface area contributed by atoms with Crippen molar-refractivity contribution in [3.05, 3.63) is 23.8 Å². The molecule has 1 aromatic carbocycles. The van der Waals surface area contributed by atoms with Crippen LogP contribution < -0.4 is 10.9 Å². The maximum absolute atomic E-state index is 11.5. The van der Waals surface area contributed by atoms with Gasteiger partial charge in [-0.1, -0.05) is 0 Å². The molecule has 1 heterocycles. The molecule has 2 amide bonds. The van der Waals surface area contributed by atoms with Crippen molar-refractivity contribution in [1.29, 1.82) is 0 Å². The number of carbonyl (C=O) groups is 2. The zero-order valence-corrected chi connectivity index (χ0v) is 10.3. The molecule has 0 fully saturated rings. The van der Waals surface area contributed by atoms with Crippen LogP contribution in [0.2, 0.25) is 0 Å². The summed E-state index contributed by atoms with van der Waals surface area (Å²) >= 11 is 0. The summed E-state index contributed by atoms with van der Waals surface area (Å²) in [4.78, 5) is 22.4. The second-order valence-corrected chi connectivity index (χ2v) is 4.10. The Bertz CT molecular complexity index is 609. The molecular formula is C12H12N4O4. The summed E-state index contributed by atoms with van der Waals surface area (Å²) in [6, 6.07) is 3.99. The first-order chi connectivity index (χ1) is 9.54. The Morgan fingerprint density at radius 2 is 2.30 bits per heavy atom. The van der Waals surface area contributed by atoms with Gasteiger partial charge in [0, 0.05) is 11.6 Å². The van der Waals surface area contributed by atoms with Crippen LogP contribution in [0.25, 0.3) is 0 Å². The zero-order chi connectivity index (χ0) is 14.5. The number of hydrogen-bond donors (Lipinski definition) is 4. The van der Waals surface area contributed by atoms with Gasteiger partial charge in [0.2, 0.25) is 11.8 Å². The molecule has 0 spiro atoms. The van der Waals surface area contributed by atoms with E-state index in [2.05, 4.69) is 21.1 Å². The van der Waals surface area contributed by atoms with Crippen LogP contribution in [-0.2, 0) is 9.59 Å². The molecule has 0 radical (unpaired) electrons. The summed E-state index contributed by atoms with van der Waals surface area (Å²) in [5.41, 5.74) is 5.28. The van der Waals surface area contributed by atoms with Crippen LogP contribution in [0, 0.1) is 0 Å². The van der Waals surface area contributed by atoms with Crippen molar-refractivity contribution in [1.82, 2.24) is 10.9 Å². The molecule has 1 aromatic rings. The molecule has 8 nitrogen and oxygen atoms in total. The maximum atomic E-state index is 11.5. The number of amides is 2. The molecule has 0 aromatic heterocycles. The molecule has 0 atom stereocenters. The summed E-state index contributed by atoms with van der Waals surface area (Å²) in [5.74, 6) is -0.891. The summed E-state index contributed by atoms with van der Waals surface area (Å²) < 4.78 is 0. The van der Waals surface area contributed by atoms with Gasteiger partial charge in [-0.2, -0.15) is 10.2 Å². The SMILES string of the molecule is O=C(CC1=NNC(=O)C1)NN=Cc1ccc(O)cc1O. The average Bonchev–Trinajstić information content (AvgIpc) is 2.77. The lowest BCUT2D eigenvalue weighted by Crippen LogP contribution is -2.20. The number of phenols is 2. The average molecular weight is 276 g/mol. The quantitative estimate of drug-likeness (QED) is 0.449. The standard InChI is InChI=1S/C12H12N4O4/c17-9-2-1-7(10(18)5-9)6-13-15-11(19)3-8-4-12(20)16-14-8/h1-2,5-6,17-18H,3-4H2,(H,15,19)(H,16,20). The molecule has 0 saturated carbocycles. The fraction of sp³-hybridized carbons (Fsp3) is 0.167. The largest absolute Gasteiger partial charge is 0.508 e. The third-order valence-electron chi connectivity index (χ3n) is 2.47. The predicted molar refractivity (Wildman–Crippen MR) is 70.3 cm³/mol. The van der Waals surface area contributed by atoms with Crippen LogP contribution in [0.1, 0.15) is 18.4 Å². The van der Waals surface area contributed by atoms with Crippen molar-refractivity contribution in [2.75, 3.05) is 0 Å². The monoisotopic (exact) mass is 276 g/mol. The van der Waals surface area contributed by atoms with Gasteiger partial charge in [0.15, 0.2) is 0 Å². The Balaban J connectivity index is 1.86. The van der Waals surface area contributed by atoms with Gasteiger partial charge in [0.05, 0.1) is 24.8 Å². The van der Waals surface area contributed by atoms with E-state index in [4.69, 9.17) is 5.11 Å². The molecule has 4 N–H and O–H groups in total. The molecular weight excluding hydrogens is 264 g/mol. The minimum absolute atomic E-state index is 0.0301. The highest BCUT2D eigenvalue weighted by Crippen LogP contribution is 2.20. The number of hydrazone groups is 2. The van der Waals surface area contributed by atoms with Gasteiger partial charge in [0.1, 0.15) is 11.5 Å². The number of rotatable bonds is 4. The van der Waals surface area contributed by atoms with E-state index in [0.717, 1.165) is 6.07 Å². The van der Waals surface area contributed by atoms with Gasteiger partial charge in [-0.3, -0.25) is 9.59 Å². The van der Waals surface area contributed by atoms with Gasteiger partial charge in [-0.25, -0.2) is 10.9 Å². The number of aromatic hydroxyl groups is 2. The smallest absolute Gasteiger partial charge is 0.245 e. The van der Waals surface area contributed by atoms with Crippen LogP contribution in [-0.4, -0.2) is 34.0 Å². The third-order valence-corrected chi connectivity index (χ3v) is 2.47. The zero-order valence-electron chi connectivity index (χ0n) is 10.3. The molecule has 0 bridgehead atoms. The summed E-state index contributed by atoms with van der Waals surface area (Å²) in [6.07, 6.45) is 1.32. The van der Waals surface area contributed by atoms with Crippen molar-refractivity contribution in [2.45, 2.75) is 12.8 Å². The Hall–Kier alpha value is -2.90. The van der Waals surface area contributed by atoms with Gasteiger partial charge < -0.3 is 10.2 Å². The van der Waals surface area contributed by atoms with E-state index >= 15 is 0 Å². The van der Waals surface area contributed by atoms with Crippen molar-refractivity contribution >= 4 is 23.7 Å². The van der Waals surface area contributed by atoms with Crippen molar-refractivity contribution in [3.8, 4) is 11.5 Å². The van der Waals surface area contributed by atoms with Crippen LogP contribution in [0.5, 0.6) is 11.5 Å². The van der Waals surface area contributed by atoms with Gasteiger partial charge in [-0.05, 0) is 12.1 Å². The maximum Gasteiger partial charge on any atom is 0.245 e. The number of carbonyl (C=O) groups excluding carboxylic acids is 2. The number of hydrogen-bond acceptors (Lipinski definition) is 6. The van der Waals surface area contributed by atoms with Gasteiger partial charge >= 0.3 is 0 Å². The highest BCUT2D eigenvalue weighted by Gasteiger charge is 2.16. The molecule has 20 heavy (non-hydrogen) atoms. The highest BCUT2D eigenvalue weighted by atomic mass is 16.3. The second-order valence-electron chi connectivity index (χ2n) is 4.10. The molecule has 0 unspecified atom stereocenters. The lowest BCUT2D eigenvalue weighted by atomic mass is 10.2. The van der Waals surface area contributed by atoms with E-state index in [1.54, 1.807) is 0 Å². The number of phenolic OH excluding ortho intramolecular Hbond substituents is 2. The molecule has 104 valence electrons. The van der Waals surface area contributed by atoms with Crippen LogP contribution in [0.15, 0.2) is 28.4 Å². The Morgan fingerprint density at radius 3 is 2.95 bits per heavy atom. The van der Waals surface area contributed by atoms with E-state index in [1.807, 2.05) is 0 Å². The first kappa shape index (κ1) is 13.5. The van der Waals surface area contributed by atoms with Crippen LogP contribution >= 0.6 is 0 Å². The molecule has 1 aliphatic heterocycles. The number of nitrogens with one attached hydrogen (secondary N) is 2. The molecule has 0 aliphatic carbocycles. The third kappa shape index (κ3) is 3.55. The van der Waals surface area contributed by atoms with Crippen molar-refractivity contribution < 1.29 is 19.8 Å². The number of benzene rings is 1. The van der Waals surface area contributed by atoms with E-state index in [1.165, 1.54) is 18.3 Å². The minimum Gasteiger partial charge on any atom is -0.508 e. The van der Waals surface area contributed by atoms with E-state index in [9.17, 15) is 14.7 Å². The molecule has 2 rings (SSSR count). The first-order valence-corrected chi connectivity index (χ1v) is 5.73. The predicted octanol–water partition coefficient (Wildman–Crippen LogP) is -0.186. The molecule has 8 heteroatoms. The van der Waals surface area contributed by atoms with E-state index in [-0.39, 0.29) is 30.2 Å². The summed E-state index contributed by atoms with van der Waals surface area (Å²) in [7, 11) is 0. The molecule has 0 saturated heterocycles. The van der Waals surface area contributed by atoms with Crippen molar-refractivity contribution in [2.24, 2.45) is 10.2 Å². The second kappa shape index (κ2) is 5.83. The van der Waals surface area contributed by atoms with Crippen molar-refractivity contribution in [3.63, 3.8) is 0 Å². The Morgan fingerprint density at radius 1 is 1.50 bits per heavy atom. The minimum atomic E-state index is -0.422.